The number of benzene rings is 1. The van der Waals surface area contributed by atoms with Crippen LogP contribution in [0.1, 0.15) is 63.0 Å². The lowest BCUT2D eigenvalue weighted by Gasteiger charge is -2.14. The zero-order valence-corrected chi connectivity index (χ0v) is 13.0. The van der Waals surface area contributed by atoms with E-state index in [9.17, 15) is 0 Å². The highest BCUT2D eigenvalue weighted by Gasteiger charge is 2.15. The van der Waals surface area contributed by atoms with Gasteiger partial charge in [-0.25, -0.2) is 0 Å². The van der Waals surface area contributed by atoms with Gasteiger partial charge in [0.25, 0.3) is 0 Å². The molecule has 0 spiro atoms. The van der Waals surface area contributed by atoms with Crippen LogP contribution in [-0.2, 0) is 11.3 Å². The lowest BCUT2D eigenvalue weighted by molar-refractivity contribution is 0.0457. The molecule has 0 bridgehead atoms. The van der Waals surface area contributed by atoms with Crippen molar-refractivity contribution in [3.63, 3.8) is 0 Å². The van der Waals surface area contributed by atoms with E-state index in [1.807, 2.05) is 0 Å². The predicted molar refractivity (Wildman–Crippen MR) is 85.1 cm³/mol. The lowest BCUT2D eigenvalue weighted by atomic mass is 10.00. The number of nitrogens with one attached hydrogen (secondary N) is 1. The number of rotatable bonds is 8. The molecular weight excluding hydrogens is 246 g/mol. The molecule has 0 radical (unpaired) electrons. The van der Waals surface area contributed by atoms with Gasteiger partial charge >= 0.3 is 0 Å². The first kappa shape index (κ1) is 15.5. The van der Waals surface area contributed by atoms with Crippen LogP contribution in [-0.4, -0.2) is 19.2 Å². The topological polar surface area (TPSA) is 21.3 Å². The second-order valence-electron chi connectivity index (χ2n) is 6.06. The van der Waals surface area contributed by atoms with Crippen molar-refractivity contribution in [1.29, 1.82) is 0 Å². The van der Waals surface area contributed by atoms with Crippen LogP contribution in [0.5, 0.6) is 0 Å². The summed E-state index contributed by atoms with van der Waals surface area (Å²) in [6.07, 6.45) is 6.88. The van der Waals surface area contributed by atoms with E-state index >= 15 is 0 Å². The summed E-state index contributed by atoms with van der Waals surface area (Å²) >= 11 is 0. The maximum atomic E-state index is 5.96. The predicted octanol–water partition coefficient (Wildman–Crippen LogP) is 4.25. The Bertz CT molecular complexity index is 368. The summed E-state index contributed by atoms with van der Waals surface area (Å²) in [7, 11) is 0. The van der Waals surface area contributed by atoms with Crippen LogP contribution in [0.15, 0.2) is 24.3 Å². The van der Waals surface area contributed by atoms with Gasteiger partial charge in [-0.3, -0.25) is 0 Å². The highest BCUT2D eigenvalue weighted by Crippen LogP contribution is 2.22. The van der Waals surface area contributed by atoms with Gasteiger partial charge in [0.1, 0.15) is 0 Å². The molecule has 2 rings (SSSR count). The van der Waals surface area contributed by atoms with Crippen molar-refractivity contribution in [3.8, 4) is 0 Å². The minimum atomic E-state index is 0.506. The zero-order chi connectivity index (χ0) is 14.2. The summed E-state index contributed by atoms with van der Waals surface area (Å²) in [4.78, 5) is 0. The molecule has 1 saturated carbocycles. The summed E-state index contributed by atoms with van der Waals surface area (Å²) in [6, 6.07) is 8.96. The van der Waals surface area contributed by atoms with Gasteiger partial charge in [0.15, 0.2) is 0 Å². The van der Waals surface area contributed by atoms with Crippen LogP contribution in [0.4, 0.5) is 0 Å². The van der Waals surface area contributed by atoms with Gasteiger partial charge in [-0.2, -0.15) is 0 Å². The molecule has 0 aromatic heterocycles. The molecular formula is C18H29NO. The van der Waals surface area contributed by atoms with Crippen molar-refractivity contribution in [3.05, 3.63) is 35.4 Å². The first-order valence-electron chi connectivity index (χ1n) is 8.20. The van der Waals surface area contributed by atoms with E-state index in [2.05, 4.69) is 43.4 Å². The van der Waals surface area contributed by atoms with Crippen molar-refractivity contribution in [2.45, 2.75) is 64.6 Å². The van der Waals surface area contributed by atoms with E-state index in [0.29, 0.717) is 12.0 Å². The Kier molecular flexibility index (Phi) is 6.55. The third-order valence-electron chi connectivity index (χ3n) is 4.21. The first-order valence-corrected chi connectivity index (χ1v) is 8.20. The van der Waals surface area contributed by atoms with Crippen LogP contribution in [0.2, 0.25) is 0 Å². The molecule has 0 saturated heterocycles. The average Bonchev–Trinajstić information content (AvgIpc) is 2.99. The summed E-state index contributed by atoms with van der Waals surface area (Å²) in [6.45, 7) is 7.43. The van der Waals surface area contributed by atoms with Gasteiger partial charge in [-0.1, -0.05) is 51.0 Å². The van der Waals surface area contributed by atoms with Crippen LogP contribution < -0.4 is 5.32 Å². The van der Waals surface area contributed by atoms with Gasteiger partial charge in [0.2, 0.25) is 0 Å². The van der Waals surface area contributed by atoms with E-state index in [-0.39, 0.29) is 0 Å². The molecule has 1 aliphatic carbocycles. The van der Waals surface area contributed by atoms with Crippen molar-refractivity contribution in [2.75, 3.05) is 13.1 Å². The summed E-state index contributed by atoms with van der Waals surface area (Å²) in [5.41, 5.74) is 2.72. The molecule has 1 N–H and O–H groups in total. The van der Waals surface area contributed by atoms with Gasteiger partial charge in [-0.15, -0.1) is 0 Å². The molecule has 1 aliphatic rings. The monoisotopic (exact) mass is 275 g/mol. The third-order valence-corrected chi connectivity index (χ3v) is 4.21. The fourth-order valence-electron chi connectivity index (χ4n) is 2.82. The molecule has 0 amide bonds. The van der Waals surface area contributed by atoms with Gasteiger partial charge in [0.05, 0.1) is 12.7 Å². The van der Waals surface area contributed by atoms with Gasteiger partial charge in [-0.05, 0) is 42.9 Å². The summed E-state index contributed by atoms with van der Waals surface area (Å²) in [5.74, 6) is 0.575. The van der Waals surface area contributed by atoms with Crippen LogP contribution in [0.3, 0.4) is 0 Å². The Balaban J connectivity index is 1.76. The highest BCUT2D eigenvalue weighted by atomic mass is 16.5. The fraction of sp³-hybridized carbons (Fsp3) is 0.667. The maximum absolute atomic E-state index is 5.96. The van der Waals surface area contributed by atoms with E-state index in [1.165, 1.54) is 43.2 Å². The van der Waals surface area contributed by atoms with E-state index in [4.69, 9.17) is 4.74 Å². The Morgan fingerprint density at radius 1 is 1.20 bits per heavy atom. The zero-order valence-electron chi connectivity index (χ0n) is 13.0. The van der Waals surface area contributed by atoms with E-state index in [0.717, 1.165) is 19.7 Å². The molecule has 20 heavy (non-hydrogen) atoms. The van der Waals surface area contributed by atoms with Gasteiger partial charge in [0, 0.05) is 6.54 Å². The molecule has 2 nitrogen and oxygen atoms in total. The molecule has 1 unspecified atom stereocenters. The molecule has 1 fully saturated rings. The normalized spacial score (nSPS) is 17.5. The third kappa shape index (κ3) is 4.92. The Morgan fingerprint density at radius 3 is 2.55 bits per heavy atom. The van der Waals surface area contributed by atoms with Crippen LogP contribution >= 0.6 is 0 Å². The van der Waals surface area contributed by atoms with Gasteiger partial charge < -0.3 is 10.1 Å². The molecule has 0 heterocycles. The van der Waals surface area contributed by atoms with Crippen molar-refractivity contribution < 1.29 is 4.74 Å². The van der Waals surface area contributed by atoms with Crippen LogP contribution in [0, 0.1) is 0 Å². The van der Waals surface area contributed by atoms with Crippen molar-refractivity contribution >= 4 is 0 Å². The quantitative estimate of drug-likeness (QED) is 0.716. The molecule has 1 aromatic rings. The summed E-state index contributed by atoms with van der Waals surface area (Å²) in [5, 5.41) is 3.49. The Labute approximate surface area is 123 Å². The molecule has 0 aliphatic heterocycles. The van der Waals surface area contributed by atoms with Crippen molar-refractivity contribution in [2.24, 2.45) is 0 Å². The number of hydrogen-bond acceptors (Lipinski definition) is 2. The molecule has 1 atom stereocenters. The minimum Gasteiger partial charge on any atom is -0.374 e. The van der Waals surface area contributed by atoms with E-state index in [1.54, 1.807) is 0 Å². The lowest BCUT2D eigenvalue weighted by Crippen LogP contribution is -2.20. The largest absolute Gasteiger partial charge is 0.374 e. The Morgan fingerprint density at radius 2 is 1.90 bits per heavy atom. The van der Waals surface area contributed by atoms with Crippen molar-refractivity contribution in [1.82, 2.24) is 5.32 Å². The second kappa shape index (κ2) is 8.43. The molecule has 1 aromatic carbocycles. The smallest absolute Gasteiger partial charge is 0.0720 e. The average molecular weight is 275 g/mol. The Hall–Kier alpha value is -0.860. The minimum absolute atomic E-state index is 0.506. The first-order chi connectivity index (χ1) is 9.79. The SMILES string of the molecule is CCCNCC(C)c1ccc(COC2CCCC2)cc1. The molecule has 112 valence electrons. The highest BCUT2D eigenvalue weighted by molar-refractivity contribution is 5.24. The second-order valence-corrected chi connectivity index (χ2v) is 6.06. The number of ether oxygens (including phenoxy) is 1. The molecule has 2 heteroatoms. The standard InChI is InChI=1S/C18H29NO/c1-3-12-19-13-15(2)17-10-8-16(9-11-17)14-20-18-6-4-5-7-18/h8-11,15,18-19H,3-7,12-14H2,1-2H3. The van der Waals surface area contributed by atoms with Crippen LogP contribution in [0.25, 0.3) is 0 Å². The van der Waals surface area contributed by atoms with E-state index < -0.39 is 0 Å². The number of hydrogen-bond donors (Lipinski definition) is 1. The fourth-order valence-corrected chi connectivity index (χ4v) is 2.82. The summed E-state index contributed by atoms with van der Waals surface area (Å²) < 4.78 is 5.96. The maximum Gasteiger partial charge on any atom is 0.0720 e.